The molecule has 1 rings (SSSR count). The summed E-state index contributed by atoms with van der Waals surface area (Å²) in [4.78, 5) is 24.9. The van der Waals surface area contributed by atoms with E-state index in [9.17, 15) is 9.59 Å². The lowest BCUT2D eigenvalue weighted by Crippen LogP contribution is -2.41. The van der Waals surface area contributed by atoms with Gasteiger partial charge in [-0.15, -0.1) is 0 Å². The number of carboxylic acids is 1. The molecule has 0 fully saturated rings. The predicted octanol–water partition coefficient (Wildman–Crippen LogP) is 3.32. The minimum absolute atomic E-state index is 0.0243. The molecule has 1 N–H and O–H groups in total. The Labute approximate surface area is 144 Å². The summed E-state index contributed by atoms with van der Waals surface area (Å²) >= 11 is 0. The maximum atomic E-state index is 12.7. The third kappa shape index (κ3) is 5.87. The molecule has 0 atom stereocenters. The Hall–Kier alpha value is -2.04. The van der Waals surface area contributed by atoms with E-state index in [0.717, 1.165) is 11.3 Å². The number of nitrogens with zero attached hydrogens (tertiary/aromatic N) is 1. The fourth-order valence-electron chi connectivity index (χ4n) is 2.40. The molecule has 1 aromatic rings. The largest absolute Gasteiger partial charge is 0.493 e. The second-order valence-electron chi connectivity index (χ2n) is 7.08. The van der Waals surface area contributed by atoms with Gasteiger partial charge in [0.2, 0.25) is 5.91 Å². The smallest absolute Gasteiger partial charge is 0.303 e. The zero-order chi connectivity index (χ0) is 18.3. The molecule has 134 valence electrons. The molecule has 0 heterocycles. The van der Waals surface area contributed by atoms with Gasteiger partial charge in [0.25, 0.3) is 0 Å². The average molecular weight is 335 g/mol. The summed E-state index contributed by atoms with van der Waals surface area (Å²) in [5, 5.41) is 8.69. The highest BCUT2D eigenvalue weighted by Gasteiger charge is 2.32. The number of ether oxygens (including phenoxy) is 1. The van der Waals surface area contributed by atoms with Crippen LogP contribution in [0.5, 0.6) is 5.75 Å². The van der Waals surface area contributed by atoms with Crippen molar-refractivity contribution in [2.24, 2.45) is 5.92 Å². The molecule has 5 heteroatoms. The first-order chi connectivity index (χ1) is 11.1. The monoisotopic (exact) mass is 335 g/mol. The number of amides is 1. The van der Waals surface area contributed by atoms with Gasteiger partial charge >= 0.3 is 5.97 Å². The SMILES string of the molecule is CC(C)COc1ccc(C(C)(C)C(=O)N(C)CCCC(=O)O)cc1. The van der Waals surface area contributed by atoms with Crippen LogP contribution in [0.3, 0.4) is 0 Å². The number of rotatable bonds is 9. The first kappa shape index (κ1) is 20.0. The summed E-state index contributed by atoms with van der Waals surface area (Å²) in [6.45, 7) is 9.05. The maximum Gasteiger partial charge on any atom is 0.303 e. The molecule has 0 aliphatic rings. The number of carbonyl (C=O) groups excluding carboxylic acids is 1. The van der Waals surface area contributed by atoms with Crippen molar-refractivity contribution < 1.29 is 19.4 Å². The molecule has 0 saturated heterocycles. The van der Waals surface area contributed by atoms with Crippen molar-refractivity contribution in [2.75, 3.05) is 20.2 Å². The quantitative estimate of drug-likeness (QED) is 0.752. The van der Waals surface area contributed by atoms with Gasteiger partial charge in [-0.25, -0.2) is 0 Å². The molecule has 5 nitrogen and oxygen atoms in total. The standard InChI is InChI=1S/C19H29NO4/c1-14(2)13-24-16-10-8-15(9-11-16)19(3,4)18(23)20(5)12-6-7-17(21)22/h8-11,14H,6-7,12-13H2,1-5H3,(H,21,22). The van der Waals surface area contributed by atoms with Gasteiger partial charge in [-0.3, -0.25) is 9.59 Å². The van der Waals surface area contributed by atoms with Crippen molar-refractivity contribution in [3.63, 3.8) is 0 Å². The van der Waals surface area contributed by atoms with Crippen LogP contribution >= 0.6 is 0 Å². The summed E-state index contributed by atoms with van der Waals surface area (Å²) in [5.74, 6) is 0.392. The minimum Gasteiger partial charge on any atom is -0.493 e. The van der Waals surface area contributed by atoms with Crippen molar-refractivity contribution in [2.45, 2.75) is 46.0 Å². The molecule has 24 heavy (non-hydrogen) atoms. The fraction of sp³-hybridized carbons (Fsp3) is 0.579. The first-order valence-corrected chi connectivity index (χ1v) is 8.35. The van der Waals surface area contributed by atoms with Crippen molar-refractivity contribution in [1.29, 1.82) is 0 Å². The van der Waals surface area contributed by atoms with E-state index in [0.29, 0.717) is 25.5 Å². The summed E-state index contributed by atoms with van der Waals surface area (Å²) in [6.07, 6.45) is 0.523. The van der Waals surface area contributed by atoms with Crippen LogP contribution in [-0.4, -0.2) is 42.1 Å². The Morgan fingerprint density at radius 2 is 1.79 bits per heavy atom. The minimum atomic E-state index is -0.841. The summed E-state index contributed by atoms with van der Waals surface area (Å²) in [7, 11) is 1.71. The van der Waals surface area contributed by atoms with Gasteiger partial charge < -0.3 is 14.7 Å². The number of likely N-dealkylation sites (N-methyl/N-ethyl adjacent to an activating group) is 1. The van der Waals surface area contributed by atoms with E-state index in [1.165, 1.54) is 0 Å². The summed E-state index contributed by atoms with van der Waals surface area (Å²) in [5.41, 5.74) is 0.239. The number of hydrogen-bond acceptors (Lipinski definition) is 3. The summed E-state index contributed by atoms with van der Waals surface area (Å²) in [6, 6.07) is 7.60. The fourth-order valence-corrected chi connectivity index (χ4v) is 2.40. The Morgan fingerprint density at radius 1 is 1.21 bits per heavy atom. The van der Waals surface area contributed by atoms with Crippen molar-refractivity contribution >= 4 is 11.9 Å². The molecule has 0 unspecified atom stereocenters. The predicted molar refractivity (Wildman–Crippen MR) is 94.3 cm³/mol. The van der Waals surface area contributed by atoms with Crippen molar-refractivity contribution in [3.8, 4) is 5.75 Å². The highest BCUT2D eigenvalue weighted by molar-refractivity contribution is 5.87. The van der Waals surface area contributed by atoms with Crippen LogP contribution in [0.1, 0.15) is 46.1 Å². The van der Waals surface area contributed by atoms with E-state index in [1.807, 2.05) is 38.1 Å². The zero-order valence-electron chi connectivity index (χ0n) is 15.3. The second-order valence-corrected chi connectivity index (χ2v) is 7.08. The van der Waals surface area contributed by atoms with Crippen LogP contribution in [0.4, 0.5) is 0 Å². The van der Waals surface area contributed by atoms with E-state index in [2.05, 4.69) is 13.8 Å². The number of aliphatic carboxylic acids is 1. The van der Waals surface area contributed by atoms with Crippen LogP contribution in [0.15, 0.2) is 24.3 Å². The Kier molecular flexibility index (Phi) is 7.26. The van der Waals surface area contributed by atoms with Gasteiger partial charge in [0, 0.05) is 20.0 Å². The van der Waals surface area contributed by atoms with Gasteiger partial charge in [-0.1, -0.05) is 26.0 Å². The molecule has 0 bridgehead atoms. The van der Waals surface area contributed by atoms with E-state index >= 15 is 0 Å². The third-order valence-corrected chi connectivity index (χ3v) is 3.92. The zero-order valence-corrected chi connectivity index (χ0v) is 15.3. The van der Waals surface area contributed by atoms with Crippen LogP contribution in [0.25, 0.3) is 0 Å². The van der Waals surface area contributed by atoms with Crippen molar-refractivity contribution in [3.05, 3.63) is 29.8 Å². The van der Waals surface area contributed by atoms with Crippen LogP contribution in [0, 0.1) is 5.92 Å². The Balaban J connectivity index is 2.71. The molecule has 0 radical (unpaired) electrons. The van der Waals surface area contributed by atoms with Crippen LogP contribution < -0.4 is 4.74 Å². The van der Waals surface area contributed by atoms with E-state index in [-0.39, 0.29) is 12.3 Å². The van der Waals surface area contributed by atoms with E-state index < -0.39 is 11.4 Å². The molecule has 0 saturated carbocycles. The molecule has 0 aliphatic carbocycles. The maximum absolute atomic E-state index is 12.7. The molecular weight excluding hydrogens is 306 g/mol. The second kappa shape index (κ2) is 8.71. The Morgan fingerprint density at radius 3 is 2.29 bits per heavy atom. The molecule has 0 aliphatic heterocycles. The number of benzene rings is 1. The lowest BCUT2D eigenvalue weighted by molar-refractivity contribution is -0.139. The lowest BCUT2D eigenvalue weighted by Gasteiger charge is -2.30. The van der Waals surface area contributed by atoms with Crippen LogP contribution in [-0.2, 0) is 15.0 Å². The lowest BCUT2D eigenvalue weighted by atomic mass is 9.83. The number of hydrogen-bond donors (Lipinski definition) is 1. The third-order valence-electron chi connectivity index (χ3n) is 3.92. The average Bonchev–Trinajstić information content (AvgIpc) is 2.52. The van der Waals surface area contributed by atoms with E-state index in [4.69, 9.17) is 9.84 Å². The molecule has 0 aromatic heterocycles. The molecule has 0 spiro atoms. The van der Waals surface area contributed by atoms with Gasteiger partial charge in [0.1, 0.15) is 5.75 Å². The van der Waals surface area contributed by atoms with Gasteiger partial charge in [-0.05, 0) is 43.9 Å². The Bertz CT molecular complexity index is 549. The van der Waals surface area contributed by atoms with Gasteiger partial charge in [0.15, 0.2) is 0 Å². The highest BCUT2D eigenvalue weighted by atomic mass is 16.5. The number of carboxylic acid groups (broad SMARTS) is 1. The van der Waals surface area contributed by atoms with Gasteiger partial charge in [0.05, 0.1) is 12.0 Å². The van der Waals surface area contributed by atoms with Crippen molar-refractivity contribution in [1.82, 2.24) is 4.90 Å². The molecular formula is C19H29NO4. The first-order valence-electron chi connectivity index (χ1n) is 8.35. The molecule has 1 amide bonds. The normalized spacial score (nSPS) is 11.4. The topological polar surface area (TPSA) is 66.8 Å². The van der Waals surface area contributed by atoms with Gasteiger partial charge in [-0.2, -0.15) is 0 Å². The molecule has 1 aromatic carbocycles. The summed E-state index contributed by atoms with van der Waals surface area (Å²) < 4.78 is 5.67. The highest BCUT2D eigenvalue weighted by Crippen LogP contribution is 2.27. The van der Waals surface area contributed by atoms with Crippen LogP contribution in [0.2, 0.25) is 0 Å². The number of carbonyl (C=O) groups is 2. The van der Waals surface area contributed by atoms with E-state index in [1.54, 1.807) is 11.9 Å².